The van der Waals surface area contributed by atoms with Crippen LogP contribution in [0, 0.1) is 6.92 Å². The topological polar surface area (TPSA) is 38.3 Å². The number of carbonyl (C=O) groups is 1. The van der Waals surface area contributed by atoms with Crippen molar-refractivity contribution >= 4 is 17.7 Å². The van der Waals surface area contributed by atoms with Crippen LogP contribution in [-0.4, -0.2) is 31.4 Å². The highest BCUT2D eigenvalue weighted by molar-refractivity contribution is 7.99. The summed E-state index contributed by atoms with van der Waals surface area (Å²) in [5, 5.41) is 2.90. The SMILES string of the molecule is CCOCCCNC(=O)CCSc1ccc(C)cc1. The molecular formula is C15H23NO2S. The minimum Gasteiger partial charge on any atom is -0.382 e. The summed E-state index contributed by atoms with van der Waals surface area (Å²) in [6.07, 6.45) is 1.44. The summed E-state index contributed by atoms with van der Waals surface area (Å²) in [7, 11) is 0. The van der Waals surface area contributed by atoms with E-state index in [9.17, 15) is 4.79 Å². The van der Waals surface area contributed by atoms with E-state index in [1.54, 1.807) is 11.8 Å². The lowest BCUT2D eigenvalue weighted by molar-refractivity contribution is -0.120. The Kier molecular flexibility index (Phi) is 8.34. The van der Waals surface area contributed by atoms with Gasteiger partial charge in [-0.25, -0.2) is 0 Å². The number of thioether (sulfide) groups is 1. The molecule has 19 heavy (non-hydrogen) atoms. The number of amides is 1. The number of nitrogens with one attached hydrogen (secondary N) is 1. The zero-order valence-corrected chi connectivity index (χ0v) is 12.6. The number of benzene rings is 1. The Labute approximate surface area is 120 Å². The minimum absolute atomic E-state index is 0.121. The highest BCUT2D eigenvalue weighted by Crippen LogP contribution is 2.18. The Balaban J connectivity index is 2.05. The molecule has 0 saturated heterocycles. The second kappa shape index (κ2) is 9.87. The van der Waals surface area contributed by atoms with E-state index in [0.717, 1.165) is 25.4 Å². The second-order valence-corrected chi connectivity index (χ2v) is 5.48. The summed E-state index contributed by atoms with van der Waals surface area (Å²) in [6.45, 7) is 6.20. The molecule has 0 spiro atoms. The van der Waals surface area contributed by atoms with Crippen molar-refractivity contribution in [3.05, 3.63) is 29.8 Å². The molecule has 4 heteroatoms. The van der Waals surface area contributed by atoms with E-state index in [1.165, 1.54) is 10.5 Å². The van der Waals surface area contributed by atoms with Gasteiger partial charge < -0.3 is 10.1 Å². The van der Waals surface area contributed by atoms with Crippen molar-refractivity contribution in [1.29, 1.82) is 0 Å². The summed E-state index contributed by atoms with van der Waals surface area (Å²) in [5.74, 6) is 0.941. The van der Waals surface area contributed by atoms with E-state index >= 15 is 0 Å². The third kappa shape index (κ3) is 7.90. The number of hydrogen-bond donors (Lipinski definition) is 1. The fraction of sp³-hybridized carbons (Fsp3) is 0.533. The molecule has 1 amide bonds. The van der Waals surface area contributed by atoms with Gasteiger partial charge in [0.1, 0.15) is 0 Å². The first-order chi connectivity index (χ1) is 9.22. The van der Waals surface area contributed by atoms with Crippen molar-refractivity contribution in [2.24, 2.45) is 0 Å². The lowest BCUT2D eigenvalue weighted by Crippen LogP contribution is -2.25. The molecule has 0 unspecified atom stereocenters. The van der Waals surface area contributed by atoms with E-state index in [-0.39, 0.29) is 5.91 Å². The first-order valence-electron chi connectivity index (χ1n) is 6.76. The Morgan fingerprint density at radius 3 is 2.74 bits per heavy atom. The molecule has 0 fully saturated rings. The zero-order valence-electron chi connectivity index (χ0n) is 11.8. The maximum atomic E-state index is 11.6. The van der Waals surface area contributed by atoms with Crippen LogP contribution in [0.15, 0.2) is 29.2 Å². The smallest absolute Gasteiger partial charge is 0.220 e. The number of carbonyl (C=O) groups excluding carboxylic acids is 1. The van der Waals surface area contributed by atoms with Gasteiger partial charge in [0.15, 0.2) is 0 Å². The van der Waals surface area contributed by atoms with Gasteiger partial charge in [0, 0.05) is 36.8 Å². The molecule has 0 aliphatic heterocycles. The van der Waals surface area contributed by atoms with Gasteiger partial charge in [-0.05, 0) is 32.4 Å². The summed E-state index contributed by atoms with van der Waals surface area (Å²) < 4.78 is 5.21. The summed E-state index contributed by atoms with van der Waals surface area (Å²) in [5.41, 5.74) is 1.26. The fourth-order valence-electron chi connectivity index (χ4n) is 1.53. The predicted octanol–water partition coefficient (Wildman–Crippen LogP) is 3.02. The number of rotatable bonds is 9. The van der Waals surface area contributed by atoms with Crippen LogP contribution in [0.3, 0.4) is 0 Å². The minimum atomic E-state index is 0.121. The van der Waals surface area contributed by atoms with Crippen LogP contribution in [0.2, 0.25) is 0 Å². The highest BCUT2D eigenvalue weighted by atomic mass is 32.2. The van der Waals surface area contributed by atoms with E-state index < -0.39 is 0 Å². The van der Waals surface area contributed by atoms with Gasteiger partial charge in [0.05, 0.1) is 0 Å². The molecule has 0 aromatic heterocycles. The monoisotopic (exact) mass is 281 g/mol. The normalized spacial score (nSPS) is 10.4. The molecular weight excluding hydrogens is 258 g/mol. The van der Waals surface area contributed by atoms with Crippen LogP contribution < -0.4 is 5.32 Å². The molecule has 0 bridgehead atoms. The van der Waals surface area contributed by atoms with Gasteiger partial charge in [0.2, 0.25) is 5.91 Å². The van der Waals surface area contributed by atoms with Gasteiger partial charge in [-0.2, -0.15) is 0 Å². The van der Waals surface area contributed by atoms with Crippen LogP contribution in [0.5, 0.6) is 0 Å². The van der Waals surface area contributed by atoms with Crippen molar-refractivity contribution in [1.82, 2.24) is 5.32 Å². The van der Waals surface area contributed by atoms with Crippen molar-refractivity contribution in [2.75, 3.05) is 25.5 Å². The van der Waals surface area contributed by atoms with E-state index in [2.05, 4.69) is 36.5 Å². The average Bonchev–Trinajstić information content (AvgIpc) is 2.41. The van der Waals surface area contributed by atoms with Crippen LogP contribution in [0.25, 0.3) is 0 Å². The van der Waals surface area contributed by atoms with Gasteiger partial charge >= 0.3 is 0 Å². The molecule has 1 rings (SSSR count). The first kappa shape index (κ1) is 16.1. The zero-order chi connectivity index (χ0) is 13.9. The van der Waals surface area contributed by atoms with Crippen molar-refractivity contribution in [3.63, 3.8) is 0 Å². The molecule has 1 aromatic carbocycles. The van der Waals surface area contributed by atoms with Crippen LogP contribution in [0.1, 0.15) is 25.3 Å². The number of hydrogen-bond acceptors (Lipinski definition) is 3. The molecule has 0 atom stereocenters. The molecule has 0 aliphatic carbocycles. The van der Waals surface area contributed by atoms with Gasteiger partial charge in [-0.1, -0.05) is 17.7 Å². The van der Waals surface area contributed by atoms with E-state index in [1.807, 2.05) is 6.92 Å². The quantitative estimate of drug-likeness (QED) is 0.558. The third-order valence-electron chi connectivity index (χ3n) is 2.61. The lowest BCUT2D eigenvalue weighted by atomic mass is 10.2. The van der Waals surface area contributed by atoms with Gasteiger partial charge in [-0.3, -0.25) is 4.79 Å². The van der Waals surface area contributed by atoms with Crippen LogP contribution >= 0.6 is 11.8 Å². The second-order valence-electron chi connectivity index (χ2n) is 4.31. The summed E-state index contributed by atoms with van der Waals surface area (Å²) in [6, 6.07) is 8.38. The molecule has 0 heterocycles. The average molecular weight is 281 g/mol. The molecule has 106 valence electrons. The Bertz CT molecular complexity index is 365. The Morgan fingerprint density at radius 1 is 1.32 bits per heavy atom. The van der Waals surface area contributed by atoms with Crippen molar-refractivity contribution < 1.29 is 9.53 Å². The molecule has 0 aliphatic rings. The molecule has 0 saturated carbocycles. The Hall–Kier alpha value is -1.00. The molecule has 1 N–H and O–H groups in total. The lowest BCUT2D eigenvalue weighted by Gasteiger charge is -2.05. The van der Waals surface area contributed by atoms with Crippen molar-refractivity contribution in [3.8, 4) is 0 Å². The Morgan fingerprint density at radius 2 is 2.05 bits per heavy atom. The van der Waals surface area contributed by atoms with Gasteiger partial charge in [-0.15, -0.1) is 11.8 Å². The summed E-state index contributed by atoms with van der Waals surface area (Å²) in [4.78, 5) is 12.8. The summed E-state index contributed by atoms with van der Waals surface area (Å²) >= 11 is 1.72. The number of aryl methyl sites for hydroxylation is 1. The largest absolute Gasteiger partial charge is 0.382 e. The van der Waals surface area contributed by atoms with Crippen molar-refractivity contribution in [2.45, 2.75) is 31.6 Å². The third-order valence-corrected chi connectivity index (χ3v) is 3.62. The fourth-order valence-corrected chi connectivity index (χ4v) is 2.38. The van der Waals surface area contributed by atoms with E-state index in [4.69, 9.17) is 4.74 Å². The highest BCUT2D eigenvalue weighted by Gasteiger charge is 2.01. The van der Waals surface area contributed by atoms with Crippen LogP contribution in [0.4, 0.5) is 0 Å². The molecule has 3 nitrogen and oxygen atoms in total. The van der Waals surface area contributed by atoms with Gasteiger partial charge in [0.25, 0.3) is 0 Å². The maximum absolute atomic E-state index is 11.6. The maximum Gasteiger partial charge on any atom is 0.220 e. The molecule has 1 aromatic rings. The van der Waals surface area contributed by atoms with E-state index in [0.29, 0.717) is 13.0 Å². The van der Waals surface area contributed by atoms with Crippen LogP contribution in [-0.2, 0) is 9.53 Å². The molecule has 0 radical (unpaired) electrons. The number of ether oxygens (including phenoxy) is 1. The predicted molar refractivity (Wildman–Crippen MR) is 80.6 cm³/mol. The first-order valence-corrected chi connectivity index (χ1v) is 7.75. The standard InChI is InChI=1S/C15H23NO2S/c1-3-18-11-4-10-16-15(17)9-12-19-14-7-5-13(2)6-8-14/h5-8H,3-4,9-12H2,1-2H3,(H,16,17).